The van der Waals surface area contributed by atoms with Crippen LogP contribution in [-0.2, 0) is 16.1 Å². The SMILES string of the molecule is CCCCCCOc1ccc(NC(=O)C2CC(=O)N(Cc3ccc(OC)cc3)C(=Nc3ccc(Cl)cc3)S2)cc1. The topological polar surface area (TPSA) is 80.2 Å². The Morgan fingerprint density at radius 2 is 1.70 bits per heavy atom. The number of carbonyl (C=O) groups excluding carboxylic acids is 2. The fraction of sp³-hybridized carbons (Fsp3) is 0.323. The van der Waals surface area contributed by atoms with Gasteiger partial charge in [-0.3, -0.25) is 14.5 Å². The Kier molecular flexibility index (Phi) is 10.9. The fourth-order valence-electron chi connectivity index (χ4n) is 4.11. The molecule has 3 aromatic rings. The zero-order chi connectivity index (χ0) is 28.3. The molecule has 1 saturated heterocycles. The fourth-order valence-corrected chi connectivity index (χ4v) is 5.34. The number of ether oxygens (including phenoxy) is 2. The number of anilines is 1. The van der Waals surface area contributed by atoms with Crippen molar-refractivity contribution in [3.8, 4) is 11.5 Å². The minimum atomic E-state index is -0.625. The first kappa shape index (κ1) is 29.5. The molecule has 0 aromatic heterocycles. The van der Waals surface area contributed by atoms with E-state index >= 15 is 0 Å². The van der Waals surface area contributed by atoms with E-state index in [4.69, 9.17) is 26.1 Å². The second-order valence-electron chi connectivity index (χ2n) is 9.43. The van der Waals surface area contributed by atoms with E-state index in [-0.39, 0.29) is 18.2 Å². The smallest absolute Gasteiger partial charge is 0.238 e. The lowest BCUT2D eigenvalue weighted by Crippen LogP contribution is -2.44. The number of rotatable bonds is 12. The van der Waals surface area contributed by atoms with Crippen LogP contribution < -0.4 is 14.8 Å². The van der Waals surface area contributed by atoms with Gasteiger partial charge in [0, 0.05) is 17.1 Å². The van der Waals surface area contributed by atoms with Crippen molar-refractivity contribution in [2.45, 2.75) is 50.8 Å². The monoisotopic (exact) mass is 579 g/mol. The second kappa shape index (κ2) is 14.8. The third-order valence-corrected chi connectivity index (χ3v) is 7.81. The summed E-state index contributed by atoms with van der Waals surface area (Å²) in [6.45, 7) is 3.19. The van der Waals surface area contributed by atoms with Gasteiger partial charge in [-0.25, -0.2) is 4.99 Å². The third kappa shape index (κ3) is 8.50. The normalized spacial score (nSPS) is 16.2. The van der Waals surface area contributed by atoms with Crippen LogP contribution in [0.3, 0.4) is 0 Å². The van der Waals surface area contributed by atoms with Crippen LogP contribution in [0.15, 0.2) is 77.8 Å². The van der Waals surface area contributed by atoms with Crippen molar-refractivity contribution in [1.29, 1.82) is 0 Å². The Morgan fingerprint density at radius 3 is 2.38 bits per heavy atom. The number of amides is 2. The highest BCUT2D eigenvalue weighted by Gasteiger charge is 2.36. The maximum Gasteiger partial charge on any atom is 0.238 e. The van der Waals surface area contributed by atoms with Crippen molar-refractivity contribution >= 4 is 51.7 Å². The number of aliphatic imine (C=N–C) groups is 1. The standard InChI is InChI=1S/C31H34ClN3O4S/c1-3-4-5-6-19-39-27-17-13-24(14-18-27)33-30(37)28-20-29(36)35(21-22-7-15-26(38-2)16-8-22)31(40-28)34-25-11-9-23(32)10-12-25/h7-18,28H,3-6,19-21H2,1-2H3,(H,33,37). The number of carbonyl (C=O) groups is 2. The molecule has 1 heterocycles. The van der Waals surface area contributed by atoms with Crippen LogP contribution in [0.2, 0.25) is 5.02 Å². The van der Waals surface area contributed by atoms with Gasteiger partial charge in [0.05, 0.1) is 25.9 Å². The molecule has 3 aromatic carbocycles. The molecule has 1 fully saturated rings. The molecule has 1 aliphatic heterocycles. The Balaban J connectivity index is 1.44. The Morgan fingerprint density at radius 1 is 1.00 bits per heavy atom. The highest BCUT2D eigenvalue weighted by Crippen LogP contribution is 2.32. The van der Waals surface area contributed by atoms with E-state index in [2.05, 4.69) is 12.2 Å². The zero-order valence-electron chi connectivity index (χ0n) is 22.8. The molecule has 2 amide bonds. The van der Waals surface area contributed by atoms with Crippen molar-refractivity contribution in [2.24, 2.45) is 4.99 Å². The number of halogens is 1. The minimum absolute atomic E-state index is 0.0608. The summed E-state index contributed by atoms with van der Waals surface area (Å²) < 4.78 is 11.0. The lowest BCUT2D eigenvalue weighted by molar-refractivity contribution is -0.129. The number of hydrogen-bond donors (Lipinski definition) is 1. The molecule has 210 valence electrons. The summed E-state index contributed by atoms with van der Waals surface area (Å²) in [5.74, 6) is 1.08. The second-order valence-corrected chi connectivity index (χ2v) is 11.0. The molecule has 1 atom stereocenters. The molecular weight excluding hydrogens is 546 g/mol. The van der Waals surface area contributed by atoms with E-state index in [9.17, 15) is 9.59 Å². The van der Waals surface area contributed by atoms with Crippen molar-refractivity contribution < 1.29 is 19.1 Å². The average Bonchev–Trinajstić information content (AvgIpc) is 2.97. The van der Waals surface area contributed by atoms with Gasteiger partial charge in [-0.2, -0.15) is 0 Å². The molecule has 0 radical (unpaired) electrons. The van der Waals surface area contributed by atoms with Crippen molar-refractivity contribution in [3.05, 3.63) is 83.4 Å². The van der Waals surface area contributed by atoms with Gasteiger partial charge in [0.15, 0.2) is 5.17 Å². The number of nitrogens with zero attached hydrogens (tertiary/aromatic N) is 2. The molecule has 0 bridgehead atoms. The first-order valence-corrected chi connectivity index (χ1v) is 14.7. The number of nitrogens with one attached hydrogen (secondary N) is 1. The van der Waals surface area contributed by atoms with Gasteiger partial charge in [0.2, 0.25) is 11.8 Å². The highest BCUT2D eigenvalue weighted by atomic mass is 35.5. The number of thioether (sulfide) groups is 1. The summed E-state index contributed by atoms with van der Waals surface area (Å²) in [4.78, 5) is 32.9. The van der Waals surface area contributed by atoms with E-state index in [1.54, 1.807) is 36.3 Å². The Bertz CT molecular complexity index is 1300. The van der Waals surface area contributed by atoms with Gasteiger partial charge in [0.1, 0.15) is 16.7 Å². The van der Waals surface area contributed by atoms with E-state index in [1.165, 1.54) is 24.6 Å². The molecule has 1 aliphatic rings. The average molecular weight is 580 g/mol. The molecule has 40 heavy (non-hydrogen) atoms. The van der Waals surface area contributed by atoms with Crippen molar-refractivity contribution in [2.75, 3.05) is 19.0 Å². The molecule has 9 heteroatoms. The summed E-state index contributed by atoms with van der Waals surface area (Å²) in [6.07, 6.45) is 4.64. The molecule has 1 unspecified atom stereocenters. The lowest BCUT2D eigenvalue weighted by Gasteiger charge is -2.32. The summed E-state index contributed by atoms with van der Waals surface area (Å²) in [7, 11) is 1.61. The molecule has 0 spiro atoms. The van der Waals surface area contributed by atoms with Gasteiger partial charge < -0.3 is 14.8 Å². The van der Waals surface area contributed by atoms with Crippen LogP contribution in [0, 0.1) is 0 Å². The summed E-state index contributed by atoms with van der Waals surface area (Å²) in [5.41, 5.74) is 2.22. The molecular formula is C31H34ClN3O4S. The Hall–Kier alpha value is -3.49. The van der Waals surface area contributed by atoms with Gasteiger partial charge in [0.25, 0.3) is 0 Å². The minimum Gasteiger partial charge on any atom is -0.497 e. The van der Waals surface area contributed by atoms with Crippen LogP contribution in [0.1, 0.15) is 44.6 Å². The maximum absolute atomic E-state index is 13.3. The van der Waals surface area contributed by atoms with Crippen molar-refractivity contribution in [3.63, 3.8) is 0 Å². The number of hydrogen-bond acceptors (Lipinski definition) is 6. The highest BCUT2D eigenvalue weighted by molar-refractivity contribution is 8.15. The first-order chi connectivity index (χ1) is 19.4. The molecule has 1 N–H and O–H groups in total. The van der Waals surface area contributed by atoms with E-state index in [0.29, 0.717) is 34.7 Å². The summed E-state index contributed by atoms with van der Waals surface area (Å²) in [5, 5.41) is 3.37. The summed E-state index contributed by atoms with van der Waals surface area (Å²) >= 11 is 7.32. The van der Waals surface area contributed by atoms with Crippen LogP contribution in [-0.4, -0.2) is 40.8 Å². The lowest BCUT2D eigenvalue weighted by atomic mass is 10.2. The van der Waals surface area contributed by atoms with E-state index in [1.807, 2.05) is 48.5 Å². The molecule has 0 saturated carbocycles. The maximum atomic E-state index is 13.3. The van der Waals surface area contributed by atoms with Gasteiger partial charge in [-0.1, -0.05) is 61.7 Å². The predicted molar refractivity (Wildman–Crippen MR) is 163 cm³/mol. The van der Waals surface area contributed by atoms with Crippen LogP contribution >= 0.6 is 23.4 Å². The van der Waals surface area contributed by atoms with Crippen molar-refractivity contribution in [1.82, 2.24) is 4.90 Å². The number of amidine groups is 1. The van der Waals surface area contributed by atoms with E-state index < -0.39 is 5.25 Å². The predicted octanol–water partition coefficient (Wildman–Crippen LogP) is 7.47. The largest absolute Gasteiger partial charge is 0.497 e. The number of unbranched alkanes of at least 4 members (excludes halogenated alkanes) is 3. The zero-order valence-corrected chi connectivity index (χ0v) is 24.3. The third-order valence-electron chi connectivity index (χ3n) is 6.37. The number of benzene rings is 3. The van der Waals surface area contributed by atoms with Crippen LogP contribution in [0.4, 0.5) is 11.4 Å². The van der Waals surface area contributed by atoms with E-state index in [0.717, 1.165) is 29.9 Å². The summed E-state index contributed by atoms with van der Waals surface area (Å²) in [6, 6.07) is 21.9. The number of methoxy groups -OCH3 is 1. The molecule has 4 rings (SSSR count). The van der Waals surface area contributed by atoms with Gasteiger partial charge in [-0.05, 0) is 72.6 Å². The first-order valence-electron chi connectivity index (χ1n) is 13.4. The molecule has 0 aliphatic carbocycles. The van der Waals surface area contributed by atoms with Gasteiger partial charge in [-0.15, -0.1) is 0 Å². The quantitative estimate of drug-likeness (QED) is 0.225. The Labute approximate surface area is 244 Å². The van der Waals surface area contributed by atoms with Crippen LogP contribution in [0.5, 0.6) is 11.5 Å². The molecule has 7 nitrogen and oxygen atoms in total. The van der Waals surface area contributed by atoms with Gasteiger partial charge >= 0.3 is 0 Å². The van der Waals surface area contributed by atoms with Crippen LogP contribution in [0.25, 0.3) is 0 Å².